The topological polar surface area (TPSA) is 269 Å². The molecule has 27 heteroatoms. The smallest absolute Gasteiger partial charge is 0.320 e. The summed E-state index contributed by atoms with van der Waals surface area (Å²) in [5.74, 6) is 0.919. The average molecular weight is 1290 g/mol. The number of hydrogen-bond donors (Lipinski definition) is 5. The molecule has 0 fully saturated rings. The van der Waals surface area contributed by atoms with Gasteiger partial charge in [-0.15, -0.1) is 18.0 Å². The lowest BCUT2D eigenvalue weighted by Crippen LogP contribution is -2.47. The van der Waals surface area contributed by atoms with Gasteiger partial charge in [0.1, 0.15) is 35.8 Å². The number of carbonyl (C=O) groups excluding carboxylic acids is 4. The third-order valence-electron chi connectivity index (χ3n) is 12.3. The van der Waals surface area contributed by atoms with E-state index in [2.05, 4.69) is 44.5 Å². The fraction of sp³-hybridized carbons (Fsp3) is 0.474. The maximum absolute atomic E-state index is 14.4. The molecule has 4 aromatic rings. The molecule has 5 atom stereocenters. The number of imide groups is 1. The molecule has 20 nitrogen and oxygen atoms in total. The fourth-order valence-electron chi connectivity index (χ4n) is 8.44. The summed E-state index contributed by atoms with van der Waals surface area (Å²) < 4.78 is 41.2. The van der Waals surface area contributed by atoms with Crippen molar-refractivity contribution in [2.24, 2.45) is 5.73 Å². The summed E-state index contributed by atoms with van der Waals surface area (Å²) in [7, 11) is -1.47. The number of methoxy groups -OCH3 is 1. The van der Waals surface area contributed by atoms with Crippen LogP contribution >= 0.6 is 65.4 Å². The van der Waals surface area contributed by atoms with Gasteiger partial charge < -0.3 is 50.4 Å². The molecule has 2 aliphatic heterocycles. The maximum Gasteiger partial charge on any atom is 0.320 e. The molecule has 4 amide bonds. The summed E-state index contributed by atoms with van der Waals surface area (Å²) in [6.45, 7) is 18.4. The Balaban J connectivity index is 0.000000282. The van der Waals surface area contributed by atoms with Crippen LogP contribution in [0.3, 0.4) is 0 Å². The number of anilines is 5. The zero-order valence-corrected chi connectivity index (χ0v) is 53.2. The van der Waals surface area contributed by atoms with E-state index in [9.17, 15) is 32.9 Å². The Hall–Kier alpha value is -5.79. The first-order valence-electron chi connectivity index (χ1n) is 26.8. The number of halogens is 6. The normalized spacial score (nSPS) is 15.9. The second-order valence-corrected chi connectivity index (χ2v) is 24.3. The van der Waals surface area contributed by atoms with Crippen molar-refractivity contribution in [1.82, 2.24) is 15.0 Å². The number of amides is 4. The van der Waals surface area contributed by atoms with Crippen molar-refractivity contribution < 1.29 is 57.1 Å². The largest absolute Gasteiger partial charge is 0.489 e. The summed E-state index contributed by atoms with van der Waals surface area (Å²) in [4.78, 5) is 83.2. The molecule has 7 rings (SSSR count). The predicted octanol–water partition coefficient (Wildman–Crippen LogP) is 10.9. The lowest BCUT2D eigenvalue weighted by molar-refractivity contribution is -0.138. The van der Waals surface area contributed by atoms with Crippen LogP contribution in [0.25, 0.3) is 0 Å². The van der Waals surface area contributed by atoms with Gasteiger partial charge in [-0.1, -0.05) is 78.0 Å². The minimum absolute atomic E-state index is 0.0223. The van der Waals surface area contributed by atoms with Crippen molar-refractivity contribution in [2.75, 3.05) is 70.9 Å². The first-order chi connectivity index (χ1) is 39.5. The monoisotopic (exact) mass is 1290 g/mol. The number of hydrogen-bond acceptors (Lipinski definition) is 15. The van der Waals surface area contributed by atoms with Crippen LogP contribution in [0.4, 0.5) is 33.3 Å². The number of aryl methyl sites for hydroxylation is 2. The Labute approximate surface area is 515 Å². The van der Waals surface area contributed by atoms with Crippen molar-refractivity contribution >= 4 is 124 Å². The quantitative estimate of drug-likeness (QED) is 0.0268. The number of aliphatic carboxylic acids is 1. The number of nitrogens with one attached hydrogen (secondary N) is 2. The van der Waals surface area contributed by atoms with Gasteiger partial charge in [0.25, 0.3) is 17.7 Å². The Morgan fingerprint density at radius 2 is 1.61 bits per heavy atom. The molecule has 3 aliphatic rings. The van der Waals surface area contributed by atoms with Crippen LogP contribution in [0.5, 0.6) is 11.5 Å². The number of carbonyl (C=O) groups is 5. The van der Waals surface area contributed by atoms with Crippen molar-refractivity contribution in [2.45, 2.75) is 129 Å². The molecule has 0 saturated heterocycles. The number of aromatic nitrogens is 3. The van der Waals surface area contributed by atoms with E-state index in [0.717, 1.165) is 59.3 Å². The zero-order valence-electron chi connectivity index (χ0n) is 48.6. The highest BCUT2D eigenvalue weighted by Gasteiger charge is 2.41. The minimum Gasteiger partial charge on any atom is -0.489 e. The summed E-state index contributed by atoms with van der Waals surface area (Å²) in [6.07, 6.45) is 8.35. The van der Waals surface area contributed by atoms with E-state index in [1.165, 1.54) is 12.7 Å². The van der Waals surface area contributed by atoms with Gasteiger partial charge in [-0.3, -0.25) is 28.5 Å². The maximum atomic E-state index is 14.4. The number of fused-ring (bicyclic) bond motifs is 1. The summed E-state index contributed by atoms with van der Waals surface area (Å²) >= 11 is 28.7. The van der Waals surface area contributed by atoms with E-state index in [4.69, 9.17) is 94.4 Å². The number of para-hydroxylation sites is 3. The van der Waals surface area contributed by atoms with Crippen LogP contribution in [-0.4, -0.2) is 135 Å². The highest BCUT2D eigenvalue weighted by Crippen LogP contribution is 2.40. The van der Waals surface area contributed by atoms with E-state index in [1.54, 1.807) is 23.8 Å². The van der Waals surface area contributed by atoms with E-state index < -0.39 is 48.0 Å². The van der Waals surface area contributed by atoms with E-state index in [0.29, 0.717) is 54.8 Å². The number of benzene rings is 3. The molecule has 0 bridgehead atoms. The van der Waals surface area contributed by atoms with Gasteiger partial charge >= 0.3 is 5.97 Å². The van der Waals surface area contributed by atoms with E-state index in [1.807, 2.05) is 77.9 Å². The van der Waals surface area contributed by atoms with Gasteiger partial charge in [-0.25, -0.2) is 9.29 Å². The molecule has 3 heterocycles. The zero-order chi connectivity index (χ0) is 63.2. The third-order valence-corrected chi connectivity index (χ3v) is 14.5. The van der Waals surface area contributed by atoms with Crippen LogP contribution in [-0.2, 0) is 39.7 Å². The highest BCUT2D eigenvalue weighted by molar-refractivity contribution is 7.57. The lowest BCUT2D eigenvalue weighted by Gasteiger charge is -2.35. The second kappa shape index (κ2) is 35.0. The number of terminal acetylenes is 1. The molecule has 0 radical (unpaired) electrons. The van der Waals surface area contributed by atoms with Crippen LogP contribution in [0, 0.1) is 25.1 Å². The summed E-state index contributed by atoms with van der Waals surface area (Å²) in [5.41, 5.74) is 9.83. The number of nitrogens with two attached hydrogens (primary N) is 1. The van der Waals surface area contributed by atoms with Gasteiger partial charge in [0.15, 0.2) is 18.3 Å². The number of ether oxygens (including phenoxy) is 3. The lowest BCUT2D eigenvalue weighted by atomic mass is 9.93. The molecule has 0 saturated carbocycles. The molecular weight excluding hydrogens is 1210 g/mol. The SMILES string of the molecule is C#CC(C)Oc1cc(N2C(=O)C3=C(CCCC3)C2=O)c(F)cc1Cl.CC1COc2ccccc2N1C(=O)C(Cl)Cl.CCNc1nc(Cl)nc(NC(C)C)n1.CCc1cccc(C)c1N(C(=O)CCl)C(C)COC.CP(=O)(O)CCC(N)C(=O)O. The van der Waals surface area contributed by atoms with Crippen molar-refractivity contribution in [1.29, 1.82) is 0 Å². The average Bonchev–Trinajstić information content (AvgIpc) is 3.40. The van der Waals surface area contributed by atoms with Gasteiger partial charge in [-0.05, 0) is 128 Å². The van der Waals surface area contributed by atoms with Crippen LogP contribution in [0.15, 0.2) is 65.7 Å². The summed E-state index contributed by atoms with van der Waals surface area (Å²) in [6, 6.07) is 14.8. The van der Waals surface area contributed by atoms with Gasteiger partial charge in [0, 0.05) is 49.7 Å². The second-order valence-electron chi connectivity index (χ2n) is 19.6. The highest BCUT2D eigenvalue weighted by atomic mass is 35.5. The summed E-state index contributed by atoms with van der Waals surface area (Å²) in [5, 5.41) is 14.5. The van der Waals surface area contributed by atoms with Crippen molar-refractivity contribution in [3.05, 3.63) is 93.0 Å². The fourth-order valence-corrected chi connectivity index (χ4v) is 9.89. The predicted molar refractivity (Wildman–Crippen MR) is 331 cm³/mol. The molecule has 1 aliphatic carbocycles. The van der Waals surface area contributed by atoms with Crippen LogP contribution in [0.1, 0.15) is 91.7 Å². The number of alkyl halides is 3. The number of nitrogens with zero attached hydrogens (tertiary/aromatic N) is 6. The first kappa shape index (κ1) is 72.5. The molecule has 3 aromatic carbocycles. The number of rotatable bonds is 18. The Morgan fingerprint density at radius 3 is 2.14 bits per heavy atom. The van der Waals surface area contributed by atoms with Gasteiger partial charge in [0.05, 0.1) is 40.8 Å². The molecule has 0 spiro atoms. The molecule has 84 heavy (non-hydrogen) atoms. The van der Waals surface area contributed by atoms with Crippen LogP contribution < -0.4 is 40.5 Å². The third kappa shape index (κ3) is 21.6. The van der Waals surface area contributed by atoms with E-state index in [-0.39, 0.29) is 70.1 Å². The molecular formula is C57H74Cl5FN9O11P. The molecule has 460 valence electrons. The van der Waals surface area contributed by atoms with E-state index >= 15 is 0 Å². The van der Waals surface area contributed by atoms with Crippen molar-refractivity contribution in [3.63, 3.8) is 0 Å². The van der Waals surface area contributed by atoms with Crippen LogP contribution in [0.2, 0.25) is 10.3 Å². The minimum atomic E-state index is -3.10. The Bertz CT molecular complexity index is 3010. The van der Waals surface area contributed by atoms with Gasteiger partial charge in [-0.2, -0.15) is 15.0 Å². The van der Waals surface area contributed by atoms with Crippen molar-refractivity contribution in [3.8, 4) is 23.8 Å². The molecule has 1 aromatic heterocycles. The molecule has 5 unspecified atom stereocenters. The number of carboxylic acids is 1. The van der Waals surface area contributed by atoms with Gasteiger partial charge in [0.2, 0.25) is 23.1 Å². The Kier molecular flexibility index (Phi) is 30.2. The Morgan fingerprint density at radius 1 is 0.988 bits per heavy atom. The molecule has 6 N–H and O–H groups in total. The standard InChI is InChI=1S/C18H15ClFNO3.C15H22ClNO2.C11H11Cl2NO2.C8H14ClN5.C5H12NO4P/c1-3-10(2)24-16-9-15(14(20)8-13(16)19)21-17(22)11-6-4-5-7-12(11)18(21)23;1-5-13-8-6-7-11(2)15(13)17(14(18)9-16)12(3)10-19-4;1-7-6-16-9-5-3-2-4-8(9)14(7)11(15)10(12)13;1-4-10-7-12-6(9)13-8(14-7)11-5(2)3;1-11(9,10)3-2-4(6)5(7)8/h1,8-10H,4-7H2,2H3;6-8,12H,5,9-10H2,1-4H3;2-5,7,10H,6H2,1H3;5H,4H2,1-3H3,(H2,10,11,12,13,14);4H,2-3,6H2,1H3,(H,7,8)(H,9,10). The first-order valence-corrected chi connectivity index (χ1v) is 31.2. The number of carboxylic acid groups (broad SMARTS) is 1.